The van der Waals surface area contributed by atoms with Gasteiger partial charge < -0.3 is 5.32 Å². The van der Waals surface area contributed by atoms with Crippen molar-refractivity contribution in [3.8, 4) is 11.3 Å². The Labute approximate surface area is 175 Å². The maximum absolute atomic E-state index is 12.7. The number of carbonyl (C=O) groups excluding carboxylic acids is 1. The number of anilines is 1. The molecule has 0 saturated carbocycles. The van der Waals surface area contributed by atoms with E-state index in [0.717, 1.165) is 23.5 Å². The topological polar surface area (TPSA) is 120 Å². The molecular weight excluding hydrogens is 410 g/mol. The number of carbonyl (C=O) groups is 1. The van der Waals surface area contributed by atoms with E-state index in [-0.39, 0.29) is 22.1 Å². The molecule has 0 saturated heterocycles. The molecule has 1 aromatic carbocycles. The fraction of sp³-hybridized carbons (Fsp3) is 0.158. The molecular formula is C19H16ClN7O3. The monoisotopic (exact) mass is 425 g/mol. The van der Waals surface area contributed by atoms with E-state index >= 15 is 0 Å². The lowest BCUT2D eigenvalue weighted by molar-refractivity contribution is -0.384. The molecule has 0 aliphatic heterocycles. The average Bonchev–Trinajstić information content (AvgIpc) is 3.32. The van der Waals surface area contributed by atoms with E-state index in [2.05, 4.69) is 20.5 Å². The summed E-state index contributed by atoms with van der Waals surface area (Å²) in [4.78, 5) is 27.4. The Bertz CT molecular complexity index is 1290. The van der Waals surface area contributed by atoms with Gasteiger partial charge in [0.2, 0.25) is 0 Å². The lowest BCUT2D eigenvalue weighted by Crippen LogP contribution is -2.13. The van der Waals surface area contributed by atoms with Crippen molar-refractivity contribution in [1.82, 2.24) is 24.4 Å². The molecule has 0 atom stereocenters. The Kier molecular flexibility index (Phi) is 4.92. The molecule has 1 N–H and O–H groups in total. The van der Waals surface area contributed by atoms with Crippen LogP contribution in [0, 0.1) is 17.0 Å². The number of benzene rings is 1. The molecule has 3 heterocycles. The van der Waals surface area contributed by atoms with Gasteiger partial charge in [0.05, 0.1) is 27.5 Å². The smallest absolute Gasteiger partial charge is 0.276 e. The number of fused-ring (bicyclic) bond motifs is 1. The summed E-state index contributed by atoms with van der Waals surface area (Å²) in [7, 11) is 0. The molecule has 11 heteroatoms. The molecule has 152 valence electrons. The second-order valence-electron chi connectivity index (χ2n) is 6.46. The largest absolute Gasteiger partial charge is 0.319 e. The zero-order valence-corrected chi connectivity index (χ0v) is 16.8. The first kappa shape index (κ1) is 19.5. The highest BCUT2D eigenvalue weighted by Gasteiger charge is 2.18. The van der Waals surface area contributed by atoms with Gasteiger partial charge in [-0.25, -0.2) is 9.50 Å². The third-order valence-electron chi connectivity index (χ3n) is 4.68. The summed E-state index contributed by atoms with van der Waals surface area (Å²) in [6.07, 6.45) is 3.38. The number of nitro benzene ring substituents is 1. The molecule has 0 unspecified atom stereocenters. The van der Waals surface area contributed by atoms with Gasteiger partial charge in [-0.15, -0.1) is 0 Å². The number of nitrogens with zero attached hydrogens (tertiary/aromatic N) is 6. The van der Waals surface area contributed by atoms with Crippen LogP contribution in [-0.4, -0.2) is 35.2 Å². The normalized spacial score (nSPS) is 11.0. The number of amides is 1. The third kappa shape index (κ3) is 3.37. The highest BCUT2D eigenvalue weighted by Crippen LogP contribution is 2.28. The van der Waals surface area contributed by atoms with Crippen molar-refractivity contribution < 1.29 is 9.72 Å². The van der Waals surface area contributed by atoms with E-state index in [1.54, 1.807) is 23.0 Å². The van der Waals surface area contributed by atoms with Crippen molar-refractivity contribution in [2.24, 2.45) is 0 Å². The lowest BCUT2D eigenvalue weighted by Gasteiger charge is -2.06. The third-order valence-corrected chi connectivity index (χ3v) is 5.01. The van der Waals surface area contributed by atoms with Crippen LogP contribution in [0.3, 0.4) is 0 Å². The van der Waals surface area contributed by atoms with Gasteiger partial charge in [0.1, 0.15) is 0 Å². The van der Waals surface area contributed by atoms with E-state index in [0.29, 0.717) is 5.65 Å². The number of nitro groups is 1. The summed E-state index contributed by atoms with van der Waals surface area (Å²) in [6, 6.07) is 7.14. The number of hydrogen-bond donors (Lipinski definition) is 1. The first-order valence-electron chi connectivity index (χ1n) is 9.02. The number of non-ortho nitro benzene ring substituents is 1. The SMILES string of the molecule is CCn1ncc(-c2ccnc3cc(C(=O)Nc4cc([N+](=O)[O-])ccc4Cl)nn23)c1C. The van der Waals surface area contributed by atoms with Crippen molar-refractivity contribution in [3.05, 3.63) is 69.3 Å². The fourth-order valence-corrected chi connectivity index (χ4v) is 3.30. The van der Waals surface area contributed by atoms with Crippen molar-refractivity contribution >= 4 is 34.5 Å². The van der Waals surface area contributed by atoms with E-state index < -0.39 is 10.8 Å². The standard InChI is InChI=1S/C19H16ClN7O3/c1-3-25-11(2)13(10-22-25)17-6-7-21-18-9-16(24-26(17)18)19(28)23-15-8-12(27(29)30)4-5-14(15)20/h4-10H,3H2,1-2H3,(H,23,28). The Hall–Kier alpha value is -3.79. The molecule has 4 rings (SSSR count). The number of aromatic nitrogens is 5. The maximum atomic E-state index is 12.7. The number of hydrogen-bond acceptors (Lipinski definition) is 6. The van der Waals surface area contributed by atoms with E-state index in [4.69, 9.17) is 11.6 Å². The molecule has 4 aromatic rings. The summed E-state index contributed by atoms with van der Waals surface area (Å²) in [5.41, 5.74) is 3.10. The summed E-state index contributed by atoms with van der Waals surface area (Å²) < 4.78 is 3.43. The highest BCUT2D eigenvalue weighted by atomic mass is 35.5. The number of rotatable bonds is 5. The van der Waals surface area contributed by atoms with Crippen LogP contribution in [0.1, 0.15) is 23.1 Å². The summed E-state index contributed by atoms with van der Waals surface area (Å²) in [6.45, 7) is 4.69. The molecule has 3 aromatic heterocycles. The second-order valence-corrected chi connectivity index (χ2v) is 6.87. The van der Waals surface area contributed by atoms with Gasteiger partial charge in [-0.3, -0.25) is 19.6 Å². The minimum atomic E-state index is -0.564. The zero-order valence-electron chi connectivity index (χ0n) is 16.0. The van der Waals surface area contributed by atoms with Crippen LogP contribution in [0.5, 0.6) is 0 Å². The number of nitrogens with one attached hydrogen (secondary N) is 1. The van der Waals surface area contributed by atoms with Crippen LogP contribution < -0.4 is 5.32 Å². The van der Waals surface area contributed by atoms with Gasteiger partial charge >= 0.3 is 0 Å². The van der Waals surface area contributed by atoms with Crippen molar-refractivity contribution in [2.45, 2.75) is 20.4 Å². The van der Waals surface area contributed by atoms with Crippen LogP contribution in [0.4, 0.5) is 11.4 Å². The van der Waals surface area contributed by atoms with Gasteiger partial charge in [0.25, 0.3) is 11.6 Å². The molecule has 10 nitrogen and oxygen atoms in total. The second kappa shape index (κ2) is 7.56. The molecule has 0 fully saturated rings. The van der Waals surface area contributed by atoms with Crippen LogP contribution in [0.25, 0.3) is 16.9 Å². The first-order valence-corrected chi connectivity index (χ1v) is 9.39. The molecule has 0 aliphatic carbocycles. The molecule has 0 aliphatic rings. The molecule has 1 amide bonds. The molecule has 0 spiro atoms. The minimum Gasteiger partial charge on any atom is -0.319 e. The Balaban J connectivity index is 1.71. The summed E-state index contributed by atoms with van der Waals surface area (Å²) >= 11 is 6.07. The van der Waals surface area contributed by atoms with Crippen molar-refractivity contribution in [3.63, 3.8) is 0 Å². The van der Waals surface area contributed by atoms with E-state index in [1.807, 2.05) is 18.5 Å². The van der Waals surface area contributed by atoms with E-state index in [9.17, 15) is 14.9 Å². The zero-order chi connectivity index (χ0) is 21.4. The van der Waals surface area contributed by atoms with Crippen molar-refractivity contribution in [1.29, 1.82) is 0 Å². The first-order chi connectivity index (χ1) is 14.4. The average molecular weight is 426 g/mol. The molecule has 30 heavy (non-hydrogen) atoms. The van der Waals surface area contributed by atoms with Crippen LogP contribution >= 0.6 is 11.6 Å². The van der Waals surface area contributed by atoms with Crippen molar-refractivity contribution in [2.75, 3.05) is 5.32 Å². The fourth-order valence-electron chi connectivity index (χ4n) is 3.14. The predicted molar refractivity (Wildman–Crippen MR) is 111 cm³/mol. The summed E-state index contributed by atoms with van der Waals surface area (Å²) in [5.74, 6) is -0.560. The Morgan fingerprint density at radius 3 is 2.80 bits per heavy atom. The predicted octanol–water partition coefficient (Wildman–Crippen LogP) is 3.74. The van der Waals surface area contributed by atoms with Crippen LogP contribution in [-0.2, 0) is 6.54 Å². The lowest BCUT2D eigenvalue weighted by atomic mass is 10.2. The molecule has 0 bridgehead atoms. The van der Waals surface area contributed by atoms with Gasteiger partial charge in [0.15, 0.2) is 11.3 Å². The number of halogens is 1. The van der Waals surface area contributed by atoms with Crippen LogP contribution in [0.15, 0.2) is 42.7 Å². The van der Waals surface area contributed by atoms with Gasteiger partial charge in [0, 0.05) is 42.2 Å². The van der Waals surface area contributed by atoms with Gasteiger partial charge in [-0.05, 0) is 26.0 Å². The maximum Gasteiger partial charge on any atom is 0.276 e. The number of aryl methyl sites for hydroxylation is 1. The van der Waals surface area contributed by atoms with Crippen LogP contribution in [0.2, 0.25) is 5.02 Å². The quantitative estimate of drug-likeness (QED) is 0.384. The Morgan fingerprint density at radius 2 is 2.10 bits per heavy atom. The van der Waals surface area contributed by atoms with Gasteiger partial charge in [-0.2, -0.15) is 10.2 Å². The minimum absolute atomic E-state index is 0.0954. The summed E-state index contributed by atoms with van der Waals surface area (Å²) in [5, 5.41) is 22.5. The van der Waals surface area contributed by atoms with Gasteiger partial charge in [-0.1, -0.05) is 11.6 Å². The Morgan fingerprint density at radius 1 is 1.30 bits per heavy atom. The van der Waals surface area contributed by atoms with E-state index in [1.165, 1.54) is 24.3 Å². The highest BCUT2D eigenvalue weighted by molar-refractivity contribution is 6.34. The molecule has 0 radical (unpaired) electrons.